The number of carbonyl (C=O) groups excluding carboxylic acids is 1. The maximum Gasteiger partial charge on any atom is 0.342 e. The summed E-state index contributed by atoms with van der Waals surface area (Å²) in [5.74, 6) is 0.244. The quantitative estimate of drug-likeness (QED) is 0.485. The Labute approximate surface area is 162 Å². The highest BCUT2D eigenvalue weighted by Crippen LogP contribution is 2.16. The van der Waals surface area contributed by atoms with Crippen LogP contribution >= 0.6 is 0 Å². The van der Waals surface area contributed by atoms with Crippen molar-refractivity contribution in [1.82, 2.24) is 24.5 Å². The van der Waals surface area contributed by atoms with Crippen LogP contribution in [-0.2, 0) is 17.8 Å². The van der Waals surface area contributed by atoms with E-state index in [1.54, 1.807) is 15.6 Å². The van der Waals surface area contributed by atoms with Crippen LogP contribution in [0.1, 0.15) is 28.7 Å². The van der Waals surface area contributed by atoms with Crippen LogP contribution in [-0.4, -0.2) is 30.5 Å². The van der Waals surface area contributed by atoms with Gasteiger partial charge in [-0.05, 0) is 36.8 Å². The van der Waals surface area contributed by atoms with Gasteiger partial charge in [0.15, 0.2) is 5.82 Å². The van der Waals surface area contributed by atoms with Gasteiger partial charge in [-0.15, -0.1) is 0 Å². The average molecular weight is 373 g/mol. The number of para-hydroxylation sites is 1. The molecule has 1 aromatic carbocycles. The summed E-state index contributed by atoms with van der Waals surface area (Å²) in [4.78, 5) is 16.9. The fourth-order valence-electron chi connectivity index (χ4n) is 2.94. The Morgan fingerprint density at radius 2 is 1.89 bits per heavy atom. The van der Waals surface area contributed by atoms with Gasteiger partial charge in [0, 0.05) is 12.4 Å². The molecular formula is C21H19N5O2. The molecule has 0 radical (unpaired) electrons. The molecule has 0 aliphatic heterocycles. The molecule has 3 aromatic heterocycles. The summed E-state index contributed by atoms with van der Waals surface area (Å²) >= 11 is 0. The lowest BCUT2D eigenvalue weighted by Gasteiger charge is -2.07. The van der Waals surface area contributed by atoms with Crippen molar-refractivity contribution in [3.8, 4) is 11.5 Å². The zero-order valence-corrected chi connectivity index (χ0v) is 15.4. The molecule has 0 atom stereocenters. The van der Waals surface area contributed by atoms with Crippen molar-refractivity contribution < 1.29 is 9.53 Å². The van der Waals surface area contributed by atoms with E-state index in [4.69, 9.17) is 4.74 Å². The maximum absolute atomic E-state index is 12.6. The number of pyridine rings is 1. The maximum atomic E-state index is 12.6. The predicted octanol–water partition coefficient (Wildman–Crippen LogP) is 3.37. The highest BCUT2D eigenvalue weighted by Gasteiger charge is 2.19. The van der Waals surface area contributed by atoms with Crippen molar-refractivity contribution in [2.24, 2.45) is 0 Å². The normalized spacial score (nSPS) is 10.8. The van der Waals surface area contributed by atoms with Crippen molar-refractivity contribution in [2.75, 3.05) is 0 Å². The van der Waals surface area contributed by atoms with Gasteiger partial charge < -0.3 is 4.74 Å². The molecule has 4 rings (SSSR count). The van der Waals surface area contributed by atoms with Crippen LogP contribution in [0.3, 0.4) is 0 Å². The number of carbonyl (C=O) groups is 1. The van der Waals surface area contributed by atoms with Crippen molar-refractivity contribution in [3.63, 3.8) is 0 Å². The fourth-order valence-corrected chi connectivity index (χ4v) is 2.94. The molecule has 7 nitrogen and oxygen atoms in total. The lowest BCUT2D eigenvalue weighted by Crippen LogP contribution is -2.10. The van der Waals surface area contributed by atoms with Crippen LogP contribution in [0, 0.1) is 0 Å². The van der Waals surface area contributed by atoms with E-state index < -0.39 is 5.97 Å². The number of aromatic nitrogens is 5. The molecule has 7 heteroatoms. The second kappa shape index (κ2) is 7.87. The number of ether oxygens (including phenoxy) is 1. The molecular weight excluding hydrogens is 354 g/mol. The Morgan fingerprint density at radius 3 is 2.64 bits per heavy atom. The first kappa shape index (κ1) is 17.7. The number of rotatable bonds is 6. The van der Waals surface area contributed by atoms with Crippen molar-refractivity contribution >= 4 is 5.97 Å². The van der Waals surface area contributed by atoms with Gasteiger partial charge in [-0.1, -0.05) is 31.2 Å². The minimum Gasteiger partial charge on any atom is -0.455 e. The van der Waals surface area contributed by atoms with Gasteiger partial charge in [-0.2, -0.15) is 10.2 Å². The van der Waals surface area contributed by atoms with Crippen LogP contribution in [0.15, 0.2) is 73.2 Å². The summed E-state index contributed by atoms with van der Waals surface area (Å²) in [6, 6.07) is 17.2. The summed E-state index contributed by atoms with van der Waals surface area (Å²) in [7, 11) is 0. The standard InChI is InChI=1S/C21H19N5O2/c1-2-19-18(14-23-26(19)20-10-6-7-12-22-20)21(27)28-15-16-11-13-25(24-16)17-8-4-3-5-9-17/h3-14H,2,15H2,1H3. The highest BCUT2D eigenvalue weighted by molar-refractivity contribution is 5.90. The Balaban J connectivity index is 1.48. The largest absolute Gasteiger partial charge is 0.455 e. The van der Waals surface area contributed by atoms with Crippen molar-refractivity contribution in [2.45, 2.75) is 20.0 Å². The molecule has 28 heavy (non-hydrogen) atoms. The highest BCUT2D eigenvalue weighted by atomic mass is 16.5. The summed E-state index contributed by atoms with van der Waals surface area (Å²) < 4.78 is 8.88. The zero-order valence-electron chi connectivity index (χ0n) is 15.4. The van der Waals surface area contributed by atoms with E-state index in [2.05, 4.69) is 15.2 Å². The van der Waals surface area contributed by atoms with Gasteiger partial charge in [0.05, 0.1) is 17.6 Å². The Bertz CT molecular complexity index is 1070. The van der Waals surface area contributed by atoms with E-state index in [-0.39, 0.29) is 6.61 Å². The van der Waals surface area contributed by atoms with Crippen molar-refractivity contribution in [3.05, 3.63) is 90.1 Å². The molecule has 0 bridgehead atoms. The van der Waals surface area contributed by atoms with Gasteiger partial charge >= 0.3 is 5.97 Å². The van der Waals surface area contributed by atoms with E-state index >= 15 is 0 Å². The van der Waals surface area contributed by atoms with E-state index in [0.29, 0.717) is 23.5 Å². The molecule has 4 aromatic rings. The predicted molar refractivity (Wildman–Crippen MR) is 103 cm³/mol. The van der Waals surface area contributed by atoms with Crippen LogP contribution in [0.2, 0.25) is 0 Å². The number of benzene rings is 1. The number of hydrogen-bond donors (Lipinski definition) is 0. The zero-order chi connectivity index (χ0) is 19.3. The third kappa shape index (κ3) is 3.55. The number of hydrogen-bond acceptors (Lipinski definition) is 5. The first-order chi connectivity index (χ1) is 13.8. The van der Waals surface area contributed by atoms with Gasteiger partial charge in [-0.25, -0.2) is 19.1 Å². The monoisotopic (exact) mass is 373 g/mol. The number of nitrogens with zero attached hydrogens (tertiary/aromatic N) is 5. The molecule has 0 fully saturated rings. The molecule has 0 amide bonds. The van der Waals surface area contributed by atoms with E-state index in [0.717, 1.165) is 11.4 Å². The molecule has 3 heterocycles. The Hall–Kier alpha value is -3.74. The Morgan fingerprint density at radius 1 is 1.07 bits per heavy atom. The van der Waals surface area contributed by atoms with Crippen LogP contribution in [0.4, 0.5) is 0 Å². The van der Waals surface area contributed by atoms with E-state index in [1.165, 1.54) is 6.20 Å². The van der Waals surface area contributed by atoms with Gasteiger partial charge in [0.1, 0.15) is 17.9 Å². The summed E-state index contributed by atoms with van der Waals surface area (Å²) in [6.07, 6.45) is 5.69. The molecule has 0 spiro atoms. The van der Waals surface area contributed by atoms with Gasteiger partial charge in [0.25, 0.3) is 0 Å². The molecule has 0 aliphatic carbocycles. The van der Waals surface area contributed by atoms with Gasteiger partial charge in [0.2, 0.25) is 0 Å². The minimum absolute atomic E-state index is 0.0938. The smallest absolute Gasteiger partial charge is 0.342 e. The molecule has 140 valence electrons. The van der Waals surface area contributed by atoms with Crippen LogP contribution in [0.25, 0.3) is 11.5 Å². The molecule has 0 aliphatic rings. The first-order valence-corrected chi connectivity index (χ1v) is 9.01. The first-order valence-electron chi connectivity index (χ1n) is 9.01. The second-order valence-corrected chi connectivity index (χ2v) is 6.12. The van der Waals surface area contributed by atoms with E-state index in [9.17, 15) is 4.79 Å². The SMILES string of the molecule is CCc1c(C(=O)OCc2ccn(-c3ccccc3)n2)cnn1-c1ccccn1. The van der Waals surface area contributed by atoms with Crippen LogP contribution in [0.5, 0.6) is 0 Å². The third-order valence-electron chi connectivity index (χ3n) is 4.31. The fraction of sp³-hybridized carbons (Fsp3) is 0.143. The number of esters is 1. The van der Waals surface area contributed by atoms with Gasteiger partial charge in [-0.3, -0.25) is 0 Å². The lowest BCUT2D eigenvalue weighted by molar-refractivity contribution is 0.0466. The topological polar surface area (TPSA) is 74.8 Å². The lowest BCUT2D eigenvalue weighted by atomic mass is 10.2. The third-order valence-corrected chi connectivity index (χ3v) is 4.31. The molecule has 0 N–H and O–H groups in total. The van der Waals surface area contributed by atoms with E-state index in [1.807, 2.05) is 67.7 Å². The summed E-state index contributed by atoms with van der Waals surface area (Å²) in [6.45, 7) is 2.06. The summed E-state index contributed by atoms with van der Waals surface area (Å²) in [5, 5.41) is 8.76. The molecule has 0 saturated carbocycles. The molecule has 0 saturated heterocycles. The molecule has 0 unspecified atom stereocenters. The van der Waals surface area contributed by atoms with Crippen molar-refractivity contribution in [1.29, 1.82) is 0 Å². The Kier molecular flexibility index (Phi) is 4.97. The second-order valence-electron chi connectivity index (χ2n) is 6.12. The summed E-state index contributed by atoms with van der Waals surface area (Å²) in [5.41, 5.74) is 2.83. The average Bonchev–Trinajstić information content (AvgIpc) is 3.40. The minimum atomic E-state index is -0.423. The van der Waals surface area contributed by atoms with Crippen LogP contribution < -0.4 is 0 Å².